The quantitative estimate of drug-likeness (QED) is 0.538. The monoisotopic (exact) mass is 340 g/mol. The van der Waals surface area contributed by atoms with Gasteiger partial charge >= 0.3 is 0 Å². The zero-order chi connectivity index (χ0) is 16.7. The van der Waals surface area contributed by atoms with E-state index in [0.29, 0.717) is 11.4 Å². The minimum absolute atomic E-state index is 0.127. The highest BCUT2D eigenvalue weighted by molar-refractivity contribution is 7.22. The van der Waals surface area contributed by atoms with E-state index in [9.17, 15) is 4.39 Å². The van der Waals surface area contributed by atoms with Crippen molar-refractivity contribution in [2.75, 3.05) is 5.73 Å². The number of aryl methyl sites for hydroxylation is 1. The fourth-order valence-electron chi connectivity index (χ4n) is 2.44. The number of thiophene rings is 1. The van der Waals surface area contributed by atoms with Crippen LogP contribution in [0.25, 0.3) is 20.8 Å². The smallest absolute Gasteiger partial charge is 0.167 e. The summed E-state index contributed by atoms with van der Waals surface area (Å²) < 4.78 is 20.6. The second kappa shape index (κ2) is 5.61. The average Bonchev–Trinajstić information content (AvgIpc) is 3.16. The lowest BCUT2D eigenvalue weighted by molar-refractivity contribution is 0.447. The van der Waals surface area contributed by atoms with Crippen LogP contribution in [0.1, 0.15) is 5.69 Å². The lowest BCUT2D eigenvalue weighted by Gasteiger charge is -2.07. The molecule has 0 aliphatic heterocycles. The summed E-state index contributed by atoms with van der Waals surface area (Å²) in [6.45, 7) is 1.96. The summed E-state index contributed by atoms with van der Waals surface area (Å²) in [6, 6.07) is 8.03. The molecule has 120 valence electrons. The van der Waals surface area contributed by atoms with Crippen LogP contribution in [0.5, 0.6) is 11.5 Å². The normalized spacial score (nSPS) is 11.1. The molecule has 3 heterocycles. The van der Waals surface area contributed by atoms with Crippen LogP contribution in [0, 0.1) is 12.7 Å². The molecule has 0 spiro atoms. The van der Waals surface area contributed by atoms with Gasteiger partial charge in [-0.25, -0.2) is 9.37 Å². The number of halogens is 1. The van der Waals surface area contributed by atoms with Crippen molar-refractivity contribution in [2.45, 2.75) is 6.92 Å². The van der Waals surface area contributed by atoms with Gasteiger partial charge in [-0.15, -0.1) is 11.3 Å². The third-order valence-corrected chi connectivity index (χ3v) is 4.76. The molecule has 7 heteroatoms. The first kappa shape index (κ1) is 14.6. The number of nitrogens with two attached hydrogens (primary N) is 1. The molecule has 0 fully saturated rings. The molecule has 0 aliphatic rings. The second-order valence-corrected chi connectivity index (χ2v) is 6.35. The van der Waals surface area contributed by atoms with Crippen molar-refractivity contribution in [3.05, 3.63) is 54.4 Å². The molecular formula is C17H13FN4OS. The molecule has 1 aromatic carbocycles. The first-order valence-electron chi connectivity index (χ1n) is 7.23. The SMILES string of the molecule is Cc1[nH]cnc1-c1cc2nccc(Oc3ccc(N)cc3F)c2s1. The van der Waals surface area contributed by atoms with E-state index in [0.717, 1.165) is 26.5 Å². The zero-order valence-corrected chi connectivity index (χ0v) is 13.5. The minimum Gasteiger partial charge on any atom is -0.453 e. The van der Waals surface area contributed by atoms with Gasteiger partial charge in [0.15, 0.2) is 11.6 Å². The van der Waals surface area contributed by atoms with E-state index in [-0.39, 0.29) is 5.75 Å². The van der Waals surface area contributed by atoms with Crippen molar-refractivity contribution in [2.24, 2.45) is 0 Å². The maximum Gasteiger partial charge on any atom is 0.167 e. The highest BCUT2D eigenvalue weighted by atomic mass is 32.1. The maximum absolute atomic E-state index is 14.0. The lowest BCUT2D eigenvalue weighted by Crippen LogP contribution is -1.91. The topological polar surface area (TPSA) is 76.8 Å². The summed E-state index contributed by atoms with van der Waals surface area (Å²) in [4.78, 5) is 12.7. The summed E-state index contributed by atoms with van der Waals surface area (Å²) in [7, 11) is 0. The number of ether oxygens (including phenoxy) is 1. The van der Waals surface area contributed by atoms with Crippen molar-refractivity contribution in [3.8, 4) is 22.1 Å². The number of imidazole rings is 1. The Balaban J connectivity index is 1.79. The first-order chi connectivity index (χ1) is 11.6. The second-order valence-electron chi connectivity index (χ2n) is 5.30. The van der Waals surface area contributed by atoms with Gasteiger partial charge in [0, 0.05) is 29.7 Å². The number of pyridine rings is 1. The molecule has 0 unspecified atom stereocenters. The number of aromatic nitrogens is 3. The number of rotatable bonds is 3. The summed E-state index contributed by atoms with van der Waals surface area (Å²) in [5.74, 6) is 0.176. The number of hydrogen-bond acceptors (Lipinski definition) is 5. The van der Waals surface area contributed by atoms with Gasteiger partial charge in [0.2, 0.25) is 0 Å². The summed E-state index contributed by atoms with van der Waals surface area (Å²) in [5, 5.41) is 0. The molecule has 24 heavy (non-hydrogen) atoms. The molecule has 3 N–H and O–H groups in total. The Kier molecular flexibility index (Phi) is 3.42. The zero-order valence-electron chi connectivity index (χ0n) is 12.7. The Bertz CT molecular complexity index is 1040. The number of fused-ring (bicyclic) bond motifs is 1. The van der Waals surface area contributed by atoms with E-state index in [1.165, 1.54) is 23.5 Å². The fraction of sp³-hybridized carbons (Fsp3) is 0.0588. The third kappa shape index (κ3) is 2.48. The van der Waals surface area contributed by atoms with Gasteiger partial charge < -0.3 is 15.5 Å². The lowest BCUT2D eigenvalue weighted by atomic mass is 10.2. The predicted molar refractivity (Wildman–Crippen MR) is 92.8 cm³/mol. The van der Waals surface area contributed by atoms with Crippen LogP contribution in [0.3, 0.4) is 0 Å². The number of aromatic amines is 1. The van der Waals surface area contributed by atoms with Crippen molar-refractivity contribution >= 4 is 27.2 Å². The Morgan fingerprint density at radius 1 is 1.17 bits per heavy atom. The summed E-state index contributed by atoms with van der Waals surface area (Å²) in [6.07, 6.45) is 3.30. The Morgan fingerprint density at radius 2 is 2.04 bits per heavy atom. The fourth-order valence-corrected chi connectivity index (χ4v) is 3.56. The van der Waals surface area contributed by atoms with E-state index in [1.54, 1.807) is 24.7 Å². The molecule has 0 saturated carbocycles. The van der Waals surface area contributed by atoms with Gasteiger partial charge in [-0.05, 0) is 25.1 Å². The van der Waals surface area contributed by atoms with Gasteiger partial charge in [-0.1, -0.05) is 0 Å². The van der Waals surface area contributed by atoms with Crippen molar-refractivity contribution in [3.63, 3.8) is 0 Å². The van der Waals surface area contributed by atoms with Crippen molar-refractivity contribution in [1.82, 2.24) is 15.0 Å². The van der Waals surface area contributed by atoms with Crippen LogP contribution in [-0.4, -0.2) is 15.0 Å². The number of H-pyrrole nitrogens is 1. The van der Waals surface area contributed by atoms with Crippen LogP contribution < -0.4 is 10.5 Å². The maximum atomic E-state index is 14.0. The molecule has 5 nitrogen and oxygen atoms in total. The molecule has 0 radical (unpaired) electrons. The van der Waals surface area contributed by atoms with E-state index >= 15 is 0 Å². The standard InChI is InChI=1S/C17H13FN4OS/c1-9-16(22-8-21-9)15-7-12-17(24-15)14(4-5-20-12)23-13-3-2-10(19)6-11(13)18/h2-8H,19H2,1H3,(H,21,22). The highest BCUT2D eigenvalue weighted by Crippen LogP contribution is 2.39. The van der Waals surface area contributed by atoms with Crippen molar-refractivity contribution in [1.29, 1.82) is 0 Å². The number of nitrogens with one attached hydrogen (secondary N) is 1. The molecule has 4 aromatic rings. The van der Waals surface area contributed by atoms with E-state index in [2.05, 4.69) is 15.0 Å². The van der Waals surface area contributed by atoms with Gasteiger partial charge in [-0.3, -0.25) is 4.98 Å². The first-order valence-corrected chi connectivity index (χ1v) is 8.05. The third-order valence-electron chi connectivity index (χ3n) is 3.61. The molecule has 0 atom stereocenters. The van der Waals surface area contributed by atoms with Crippen LogP contribution >= 0.6 is 11.3 Å². The Labute approximate surface area is 140 Å². The highest BCUT2D eigenvalue weighted by Gasteiger charge is 2.14. The minimum atomic E-state index is -0.500. The van der Waals surface area contributed by atoms with E-state index in [1.807, 2.05) is 13.0 Å². The van der Waals surface area contributed by atoms with Crippen LogP contribution in [0.4, 0.5) is 10.1 Å². The molecule has 0 bridgehead atoms. The molecule has 0 aliphatic carbocycles. The molecule has 4 rings (SSSR count). The van der Waals surface area contributed by atoms with Gasteiger partial charge in [-0.2, -0.15) is 0 Å². The number of benzene rings is 1. The van der Waals surface area contributed by atoms with Crippen LogP contribution in [-0.2, 0) is 0 Å². The molecule has 0 saturated heterocycles. The number of anilines is 1. The van der Waals surface area contributed by atoms with Gasteiger partial charge in [0.25, 0.3) is 0 Å². The van der Waals surface area contributed by atoms with E-state index < -0.39 is 5.82 Å². The van der Waals surface area contributed by atoms with Crippen LogP contribution in [0.15, 0.2) is 42.9 Å². The Hall–Kier alpha value is -2.93. The molecular weight excluding hydrogens is 327 g/mol. The van der Waals surface area contributed by atoms with Gasteiger partial charge in [0.1, 0.15) is 11.4 Å². The predicted octanol–water partition coefficient (Wildman–Crippen LogP) is 4.51. The Morgan fingerprint density at radius 3 is 2.79 bits per heavy atom. The largest absolute Gasteiger partial charge is 0.453 e. The number of nitrogens with zero attached hydrogens (tertiary/aromatic N) is 2. The van der Waals surface area contributed by atoms with Crippen LogP contribution in [0.2, 0.25) is 0 Å². The molecule has 0 amide bonds. The summed E-state index contributed by atoms with van der Waals surface area (Å²) in [5.41, 5.74) is 8.56. The number of nitrogen functional groups attached to an aromatic ring is 1. The van der Waals surface area contributed by atoms with Crippen molar-refractivity contribution < 1.29 is 9.13 Å². The summed E-state index contributed by atoms with van der Waals surface area (Å²) >= 11 is 1.51. The van der Waals surface area contributed by atoms with Gasteiger partial charge in [0.05, 0.1) is 21.4 Å². The number of hydrogen-bond donors (Lipinski definition) is 2. The average molecular weight is 340 g/mol. The molecule has 3 aromatic heterocycles. The van der Waals surface area contributed by atoms with E-state index in [4.69, 9.17) is 10.5 Å².